The van der Waals surface area contributed by atoms with E-state index in [1.807, 2.05) is 28.1 Å². The minimum Gasteiger partial charge on any atom is -0.384 e. The van der Waals surface area contributed by atoms with Gasteiger partial charge in [-0.15, -0.1) is 11.3 Å². The van der Waals surface area contributed by atoms with Gasteiger partial charge in [-0.05, 0) is 18.2 Å². The lowest BCUT2D eigenvalue weighted by Gasteiger charge is -2.18. The van der Waals surface area contributed by atoms with Crippen LogP contribution in [-0.2, 0) is 0 Å². The molecule has 1 N–H and O–H groups in total. The zero-order valence-electron chi connectivity index (χ0n) is 10.0. The van der Waals surface area contributed by atoms with Crippen LogP contribution in [0.3, 0.4) is 0 Å². The Bertz CT molecular complexity index is 465. The predicted octanol–water partition coefficient (Wildman–Crippen LogP) is 1.67. The van der Waals surface area contributed by atoms with E-state index in [4.69, 9.17) is 5.11 Å². The zero-order chi connectivity index (χ0) is 12.8. The number of thioether (sulfide) groups is 1. The first kappa shape index (κ1) is 13.5. The van der Waals surface area contributed by atoms with Gasteiger partial charge in [0.2, 0.25) is 0 Å². The van der Waals surface area contributed by atoms with E-state index in [1.54, 1.807) is 0 Å². The summed E-state index contributed by atoms with van der Waals surface area (Å²) in [6.45, 7) is 1.53. The monoisotopic (exact) mass is 281 g/mol. The molecule has 1 aliphatic heterocycles. The molecule has 2 heterocycles. The van der Waals surface area contributed by atoms with Crippen LogP contribution in [0.4, 0.5) is 0 Å². The van der Waals surface area contributed by atoms with E-state index >= 15 is 0 Å². The molecule has 0 bridgehead atoms. The maximum absolute atomic E-state index is 12.3. The van der Waals surface area contributed by atoms with Gasteiger partial charge >= 0.3 is 0 Å². The highest BCUT2D eigenvalue weighted by Gasteiger charge is 2.18. The van der Waals surface area contributed by atoms with Gasteiger partial charge in [-0.3, -0.25) is 4.79 Å². The molecule has 1 fully saturated rings. The van der Waals surface area contributed by atoms with Gasteiger partial charge in [0, 0.05) is 24.2 Å². The lowest BCUT2D eigenvalue weighted by atomic mass is 10.2. The van der Waals surface area contributed by atoms with Crippen molar-refractivity contribution in [3.63, 3.8) is 0 Å². The minimum atomic E-state index is -0.148. The lowest BCUT2D eigenvalue weighted by Crippen LogP contribution is -2.32. The third-order valence-corrected chi connectivity index (χ3v) is 4.54. The van der Waals surface area contributed by atoms with Gasteiger partial charge in [0.05, 0.1) is 10.4 Å². The van der Waals surface area contributed by atoms with E-state index in [0.717, 1.165) is 35.9 Å². The molecule has 1 aromatic heterocycles. The number of nitrogens with zero attached hydrogens (tertiary/aromatic N) is 1. The summed E-state index contributed by atoms with van der Waals surface area (Å²) in [7, 11) is 0. The van der Waals surface area contributed by atoms with Gasteiger partial charge in [0.25, 0.3) is 5.91 Å². The average Bonchev–Trinajstić information content (AvgIpc) is 2.69. The molecule has 1 aromatic rings. The van der Waals surface area contributed by atoms with E-state index in [2.05, 4.69) is 11.8 Å². The number of hydrogen-bond donors (Lipinski definition) is 1. The summed E-state index contributed by atoms with van der Waals surface area (Å²) in [5, 5.41) is 10.5. The Morgan fingerprint density at radius 1 is 1.44 bits per heavy atom. The van der Waals surface area contributed by atoms with Gasteiger partial charge in [-0.1, -0.05) is 11.8 Å². The first-order chi connectivity index (χ1) is 8.81. The van der Waals surface area contributed by atoms with Gasteiger partial charge in [0.15, 0.2) is 0 Å². The van der Waals surface area contributed by atoms with Crippen LogP contribution in [0.15, 0.2) is 11.4 Å². The summed E-state index contributed by atoms with van der Waals surface area (Å²) in [5.74, 6) is 7.69. The molecule has 2 rings (SSSR count). The van der Waals surface area contributed by atoms with Gasteiger partial charge < -0.3 is 10.0 Å². The van der Waals surface area contributed by atoms with Crippen LogP contribution in [-0.4, -0.2) is 47.1 Å². The van der Waals surface area contributed by atoms with Crippen molar-refractivity contribution in [3.05, 3.63) is 21.9 Å². The number of carbonyl (C=O) groups is 1. The van der Waals surface area contributed by atoms with Gasteiger partial charge in [-0.25, -0.2) is 0 Å². The fraction of sp³-hybridized carbons (Fsp3) is 0.462. The van der Waals surface area contributed by atoms with Crippen LogP contribution >= 0.6 is 23.1 Å². The molecule has 96 valence electrons. The third kappa shape index (κ3) is 3.52. The Labute approximate surface area is 115 Å². The van der Waals surface area contributed by atoms with E-state index in [9.17, 15) is 4.79 Å². The fourth-order valence-electron chi connectivity index (χ4n) is 1.77. The molecule has 0 spiro atoms. The van der Waals surface area contributed by atoms with E-state index in [0.29, 0.717) is 5.56 Å². The molecule has 0 radical (unpaired) electrons. The van der Waals surface area contributed by atoms with Crippen LogP contribution in [0, 0.1) is 11.8 Å². The molecule has 1 aliphatic rings. The highest BCUT2D eigenvalue weighted by Crippen LogP contribution is 2.18. The zero-order valence-corrected chi connectivity index (χ0v) is 11.6. The fourth-order valence-corrected chi connectivity index (χ4v) is 3.41. The second kappa shape index (κ2) is 6.83. The molecule has 0 saturated carbocycles. The topological polar surface area (TPSA) is 40.5 Å². The second-order valence-corrected chi connectivity index (χ2v) is 6.05. The Kier molecular flexibility index (Phi) is 5.12. The van der Waals surface area contributed by atoms with Gasteiger partial charge in [-0.2, -0.15) is 11.8 Å². The predicted molar refractivity (Wildman–Crippen MR) is 76.1 cm³/mol. The summed E-state index contributed by atoms with van der Waals surface area (Å²) in [4.78, 5) is 15.0. The van der Waals surface area contributed by atoms with E-state index in [-0.39, 0.29) is 12.5 Å². The van der Waals surface area contributed by atoms with Crippen LogP contribution in [0.5, 0.6) is 0 Å². The molecule has 0 aromatic carbocycles. The number of carbonyl (C=O) groups excluding carboxylic acids is 1. The molecule has 18 heavy (non-hydrogen) atoms. The average molecular weight is 281 g/mol. The van der Waals surface area contributed by atoms with Crippen molar-refractivity contribution in [3.8, 4) is 11.8 Å². The smallest absolute Gasteiger partial charge is 0.254 e. The standard InChI is InChI=1S/C13H15NO2S2/c15-6-1-3-12-9-11(10-18-12)13(16)14-4-2-7-17-8-5-14/h9-10,15H,2,4-8H2. The lowest BCUT2D eigenvalue weighted by molar-refractivity contribution is 0.0769. The molecule has 3 nitrogen and oxygen atoms in total. The number of aliphatic hydroxyl groups excluding tert-OH is 1. The van der Waals surface area contributed by atoms with Crippen LogP contribution in [0.2, 0.25) is 0 Å². The Balaban J connectivity index is 2.05. The van der Waals surface area contributed by atoms with Crippen molar-refractivity contribution in [2.24, 2.45) is 0 Å². The van der Waals surface area contributed by atoms with Crippen molar-refractivity contribution in [2.45, 2.75) is 6.42 Å². The highest BCUT2D eigenvalue weighted by atomic mass is 32.2. The Morgan fingerprint density at radius 2 is 2.33 bits per heavy atom. The van der Waals surface area contributed by atoms with Crippen LogP contribution < -0.4 is 0 Å². The van der Waals surface area contributed by atoms with Crippen LogP contribution in [0.25, 0.3) is 0 Å². The molecule has 0 aliphatic carbocycles. The summed E-state index contributed by atoms with van der Waals surface area (Å²) in [6, 6.07) is 1.81. The summed E-state index contributed by atoms with van der Waals surface area (Å²) in [5.41, 5.74) is 0.717. The van der Waals surface area contributed by atoms with Crippen molar-refractivity contribution in [2.75, 3.05) is 31.2 Å². The molecule has 1 saturated heterocycles. The second-order valence-electron chi connectivity index (χ2n) is 3.92. The van der Waals surface area contributed by atoms with Crippen LogP contribution in [0.1, 0.15) is 21.7 Å². The number of amides is 1. The van der Waals surface area contributed by atoms with Crippen molar-refractivity contribution in [1.29, 1.82) is 0 Å². The summed E-state index contributed by atoms with van der Waals surface area (Å²) < 4.78 is 0. The van der Waals surface area contributed by atoms with Crippen molar-refractivity contribution >= 4 is 29.0 Å². The van der Waals surface area contributed by atoms with Crippen molar-refractivity contribution < 1.29 is 9.90 Å². The number of hydrogen-bond acceptors (Lipinski definition) is 4. The quantitative estimate of drug-likeness (QED) is 0.796. The minimum absolute atomic E-state index is 0.103. The normalized spacial score (nSPS) is 15.7. The van der Waals surface area contributed by atoms with E-state index < -0.39 is 0 Å². The molecular weight excluding hydrogens is 266 g/mol. The molecule has 0 unspecified atom stereocenters. The van der Waals surface area contributed by atoms with Gasteiger partial charge in [0.1, 0.15) is 6.61 Å². The Morgan fingerprint density at radius 3 is 3.17 bits per heavy atom. The number of aliphatic hydroxyl groups is 1. The Hall–Kier alpha value is -0.960. The number of thiophene rings is 1. The van der Waals surface area contributed by atoms with Crippen molar-refractivity contribution in [1.82, 2.24) is 4.90 Å². The molecule has 0 atom stereocenters. The maximum Gasteiger partial charge on any atom is 0.254 e. The molecular formula is C13H15NO2S2. The molecule has 5 heteroatoms. The SMILES string of the molecule is O=C(c1csc(C#CCO)c1)N1CCCSCC1. The first-order valence-electron chi connectivity index (χ1n) is 5.86. The molecule has 1 amide bonds. The third-order valence-electron chi connectivity index (χ3n) is 2.65. The first-order valence-corrected chi connectivity index (χ1v) is 7.90. The van der Waals surface area contributed by atoms with E-state index in [1.165, 1.54) is 11.3 Å². The summed E-state index contributed by atoms with van der Waals surface area (Å²) in [6.07, 6.45) is 1.07. The summed E-state index contributed by atoms with van der Waals surface area (Å²) >= 11 is 3.36. The largest absolute Gasteiger partial charge is 0.384 e. The maximum atomic E-state index is 12.3. The number of rotatable bonds is 1. The highest BCUT2D eigenvalue weighted by molar-refractivity contribution is 7.99.